The highest BCUT2D eigenvalue weighted by molar-refractivity contribution is 6.04. The van der Waals surface area contributed by atoms with Crippen LogP contribution in [-0.4, -0.2) is 53.1 Å². The van der Waals surface area contributed by atoms with Gasteiger partial charge in [-0.1, -0.05) is 0 Å². The Hall–Kier alpha value is -2.15. The molecule has 0 amide bonds. The smallest absolute Gasteiger partial charge is 0.339 e. The van der Waals surface area contributed by atoms with Gasteiger partial charge in [0.1, 0.15) is 5.56 Å². The van der Waals surface area contributed by atoms with Crippen molar-refractivity contribution in [3.05, 3.63) is 17.5 Å². The molecule has 0 fully saturated rings. The molecule has 7 heteroatoms. The fourth-order valence-electron chi connectivity index (χ4n) is 2.29. The molecule has 2 aromatic heterocycles. The standard InChI is InChI=1S/C13H18N4O3/c1-8-10-11(16(2)5-6-20-4)9(13(18)19)7-14-12(10)17(3)15-8/h7H,5-6H2,1-4H3,(H,18,19). The van der Waals surface area contributed by atoms with Gasteiger partial charge in [-0.3, -0.25) is 4.68 Å². The molecule has 2 heterocycles. The molecule has 20 heavy (non-hydrogen) atoms. The fraction of sp³-hybridized carbons (Fsp3) is 0.462. The molecule has 0 aliphatic heterocycles. The van der Waals surface area contributed by atoms with Crippen LogP contribution in [0.5, 0.6) is 0 Å². The number of nitrogens with zero attached hydrogens (tertiary/aromatic N) is 4. The van der Waals surface area contributed by atoms with Crippen LogP contribution in [0.4, 0.5) is 5.69 Å². The minimum Gasteiger partial charge on any atom is -0.478 e. The molecule has 0 aliphatic rings. The lowest BCUT2D eigenvalue weighted by atomic mass is 10.1. The Morgan fingerprint density at radius 1 is 1.55 bits per heavy atom. The van der Waals surface area contributed by atoms with Gasteiger partial charge in [0.2, 0.25) is 0 Å². The molecule has 0 saturated heterocycles. The van der Waals surface area contributed by atoms with Gasteiger partial charge in [-0.2, -0.15) is 5.10 Å². The summed E-state index contributed by atoms with van der Waals surface area (Å²) in [6.07, 6.45) is 1.38. The lowest BCUT2D eigenvalue weighted by Crippen LogP contribution is -2.24. The molecular weight excluding hydrogens is 260 g/mol. The Morgan fingerprint density at radius 3 is 2.85 bits per heavy atom. The van der Waals surface area contributed by atoms with Crippen molar-refractivity contribution in [3.8, 4) is 0 Å². The predicted molar refractivity (Wildman–Crippen MR) is 75.4 cm³/mol. The Morgan fingerprint density at radius 2 is 2.25 bits per heavy atom. The molecule has 0 unspecified atom stereocenters. The van der Waals surface area contributed by atoms with Crippen LogP contribution in [0.2, 0.25) is 0 Å². The number of carbonyl (C=O) groups is 1. The number of methoxy groups -OCH3 is 1. The second-order valence-corrected chi connectivity index (χ2v) is 4.65. The maximum Gasteiger partial charge on any atom is 0.339 e. The Bertz CT molecular complexity index is 651. The minimum atomic E-state index is -0.998. The Kier molecular flexibility index (Phi) is 3.89. The Balaban J connectivity index is 2.68. The molecule has 0 spiro atoms. The summed E-state index contributed by atoms with van der Waals surface area (Å²) >= 11 is 0. The monoisotopic (exact) mass is 278 g/mol. The van der Waals surface area contributed by atoms with E-state index in [-0.39, 0.29) is 5.56 Å². The number of hydrogen-bond acceptors (Lipinski definition) is 5. The summed E-state index contributed by atoms with van der Waals surface area (Å²) in [5.41, 5.74) is 2.24. The van der Waals surface area contributed by atoms with E-state index in [2.05, 4.69) is 10.1 Å². The number of rotatable bonds is 5. The zero-order chi connectivity index (χ0) is 14.9. The predicted octanol–water partition coefficient (Wildman–Crippen LogP) is 1.06. The second-order valence-electron chi connectivity index (χ2n) is 4.65. The molecule has 7 nitrogen and oxygen atoms in total. The molecule has 2 aromatic rings. The van der Waals surface area contributed by atoms with Gasteiger partial charge in [-0.25, -0.2) is 9.78 Å². The van der Waals surface area contributed by atoms with E-state index in [1.54, 1.807) is 18.8 Å². The largest absolute Gasteiger partial charge is 0.478 e. The summed E-state index contributed by atoms with van der Waals surface area (Å²) in [6.45, 7) is 2.95. The van der Waals surface area contributed by atoms with Crippen LogP contribution in [0.15, 0.2) is 6.20 Å². The Labute approximate surface area is 116 Å². The van der Waals surface area contributed by atoms with Crippen LogP contribution in [-0.2, 0) is 11.8 Å². The number of carboxylic acid groups (broad SMARTS) is 1. The van der Waals surface area contributed by atoms with Gasteiger partial charge in [0.15, 0.2) is 5.65 Å². The van der Waals surface area contributed by atoms with Crippen LogP contribution >= 0.6 is 0 Å². The van der Waals surface area contributed by atoms with Gasteiger partial charge in [0.25, 0.3) is 0 Å². The summed E-state index contributed by atoms with van der Waals surface area (Å²) < 4.78 is 6.71. The third-order valence-corrected chi connectivity index (χ3v) is 3.24. The molecule has 0 atom stereocenters. The van der Waals surface area contributed by atoms with E-state index in [4.69, 9.17) is 4.74 Å². The van der Waals surface area contributed by atoms with Gasteiger partial charge in [-0.15, -0.1) is 0 Å². The number of anilines is 1. The van der Waals surface area contributed by atoms with Gasteiger partial charge < -0.3 is 14.7 Å². The average molecular weight is 278 g/mol. The number of aromatic carboxylic acids is 1. The zero-order valence-corrected chi connectivity index (χ0v) is 12.0. The first kappa shape index (κ1) is 14.3. The van der Waals surface area contributed by atoms with E-state index < -0.39 is 5.97 Å². The molecular formula is C13H18N4O3. The van der Waals surface area contributed by atoms with E-state index in [9.17, 15) is 9.90 Å². The number of hydrogen-bond donors (Lipinski definition) is 1. The van der Waals surface area contributed by atoms with Crippen LogP contribution in [0.25, 0.3) is 11.0 Å². The van der Waals surface area contributed by atoms with Crippen LogP contribution < -0.4 is 4.90 Å². The third-order valence-electron chi connectivity index (χ3n) is 3.24. The molecule has 0 aromatic carbocycles. The number of aryl methyl sites for hydroxylation is 2. The summed E-state index contributed by atoms with van der Waals surface area (Å²) in [4.78, 5) is 17.5. The highest BCUT2D eigenvalue weighted by atomic mass is 16.5. The van der Waals surface area contributed by atoms with Crippen molar-refractivity contribution in [1.29, 1.82) is 0 Å². The van der Waals surface area contributed by atoms with E-state index in [1.807, 2.05) is 18.9 Å². The number of aromatic nitrogens is 3. The van der Waals surface area contributed by atoms with Gasteiger partial charge in [0, 0.05) is 33.9 Å². The van der Waals surface area contributed by atoms with Crippen molar-refractivity contribution < 1.29 is 14.6 Å². The lowest BCUT2D eigenvalue weighted by Gasteiger charge is -2.21. The number of fused-ring (bicyclic) bond motifs is 1. The number of ether oxygens (including phenoxy) is 1. The molecule has 0 bridgehead atoms. The van der Waals surface area contributed by atoms with Crippen molar-refractivity contribution in [2.24, 2.45) is 7.05 Å². The molecule has 1 N–H and O–H groups in total. The quantitative estimate of drug-likeness (QED) is 0.880. The SMILES string of the molecule is COCCN(C)c1c(C(=O)O)cnc2c1c(C)nn2C. The summed E-state index contributed by atoms with van der Waals surface area (Å²) in [5.74, 6) is -0.998. The highest BCUT2D eigenvalue weighted by Crippen LogP contribution is 2.31. The van der Waals surface area contributed by atoms with E-state index >= 15 is 0 Å². The lowest BCUT2D eigenvalue weighted by molar-refractivity contribution is 0.0697. The maximum absolute atomic E-state index is 11.4. The van der Waals surface area contributed by atoms with Gasteiger partial charge in [-0.05, 0) is 6.92 Å². The number of pyridine rings is 1. The van der Waals surface area contributed by atoms with E-state index in [0.29, 0.717) is 24.5 Å². The fourth-order valence-corrected chi connectivity index (χ4v) is 2.29. The first-order chi connectivity index (χ1) is 9.47. The summed E-state index contributed by atoms with van der Waals surface area (Å²) in [7, 11) is 5.25. The maximum atomic E-state index is 11.4. The molecule has 0 radical (unpaired) electrons. The topological polar surface area (TPSA) is 80.5 Å². The molecule has 0 saturated carbocycles. The van der Waals surface area contributed by atoms with Crippen molar-refractivity contribution in [2.45, 2.75) is 6.92 Å². The van der Waals surface area contributed by atoms with Gasteiger partial charge >= 0.3 is 5.97 Å². The minimum absolute atomic E-state index is 0.173. The highest BCUT2D eigenvalue weighted by Gasteiger charge is 2.21. The van der Waals surface area contributed by atoms with Crippen molar-refractivity contribution in [2.75, 3.05) is 32.2 Å². The summed E-state index contributed by atoms with van der Waals surface area (Å²) in [5, 5.41) is 14.5. The van der Waals surface area contributed by atoms with E-state index in [0.717, 1.165) is 11.1 Å². The average Bonchev–Trinajstić information content (AvgIpc) is 2.70. The number of carboxylic acids is 1. The van der Waals surface area contributed by atoms with Gasteiger partial charge in [0.05, 0.1) is 23.4 Å². The normalized spacial score (nSPS) is 11.0. The first-order valence-corrected chi connectivity index (χ1v) is 6.23. The first-order valence-electron chi connectivity index (χ1n) is 6.23. The van der Waals surface area contributed by atoms with E-state index in [1.165, 1.54) is 6.20 Å². The number of likely N-dealkylation sites (N-methyl/N-ethyl adjacent to an activating group) is 1. The van der Waals surface area contributed by atoms with Crippen LogP contribution in [0, 0.1) is 6.92 Å². The van der Waals surface area contributed by atoms with Crippen molar-refractivity contribution >= 4 is 22.7 Å². The van der Waals surface area contributed by atoms with Crippen LogP contribution in [0.3, 0.4) is 0 Å². The zero-order valence-electron chi connectivity index (χ0n) is 12.0. The van der Waals surface area contributed by atoms with Crippen molar-refractivity contribution in [3.63, 3.8) is 0 Å². The summed E-state index contributed by atoms with van der Waals surface area (Å²) in [6, 6.07) is 0. The molecule has 2 rings (SSSR count). The van der Waals surface area contributed by atoms with Crippen molar-refractivity contribution in [1.82, 2.24) is 14.8 Å². The molecule has 108 valence electrons. The molecule has 0 aliphatic carbocycles. The second kappa shape index (κ2) is 5.46. The third kappa shape index (κ3) is 2.32. The van der Waals surface area contributed by atoms with Crippen LogP contribution in [0.1, 0.15) is 16.1 Å².